The number of hydrogen-bond acceptors (Lipinski definition) is 14. The smallest absolute Gasteiger partial charge is 0.437 e. The fraction of sp³-hybridized carbons (Fsp3) is 0.804. The standard InChI is InChI=1S/C56H101N13O13/c1-38(62-45(71)77-51(2,3)4)58-32-22-34-67(35-23-33-61-43(66-48(74)80-54(11,12)13)69(37-40-26-27-40)50(76)82-56(17,18)19)44(70)63-41(64-46(72)78-52(5,6)7)59-30-20-28-57-29-21-31-60-42(65-47(73)79-53(8,9)10)68(36-39-24-25-39)49(75)81-55(14,15)16/h39-40,57H,20-37H2,1-19H3,(H,58,62,71)(H,60,65,73)(H,61,66,74)(H2,59,63,64,70,72). The average Bonchev–Trinajstić information content (AvgIpc) is 4.34. The molecule has 26 nitrogen and oxygen atoms in total. The monoisotopic (exact) mass is 1160 g/mol. The molecule has 2 aliphatic carbocycles. The van der Waals surface area contributed by atoms with Crippen LogP contribution in [-0.4, -0.2) is 180 Å². The van der Waals surface area contributed by atoms with E-state index in [-0.39, 0.29) is 68.9 Å². The Balaban J connectivity index is 2.27. The summed E-state index contributed by atoms with van der Waals surface area (Å²) in [7, 11) is 0. The number of rotatable bonds is 20. The molecule has 8 amide bonds. The highest BCUT2D eigenvalue weighted by Gasteiger charge is 2.35. The molecule has 2 fully saturated rings. The number of amides is 8. The van der Waals surface area contributed by atoms with Crippen LogP contribution in [0.2, 0.25) is 0 Å². The Morgan fingerprint density at radius 3 is 1.11 bits per heavy atom. The summed E-state index contributed by atoms with van der Waals surface area (Å²) >= 11 is 0. The van der Waals surface area contributed by atoms with Gasteiger partial charge in [-0.25, -0.2) is 43.4 Å². The summed E-state index contributed by atoms with van der Waals surface area (Å²) in [6.07, 6.45) is 0.710. The second-order valence-corrected chi connectivity index (χ2v) is 26.3. The molecule has 0 aromatic rings. The highest BCUT2D eigenvalue weighted by molar-refractivity contribution is 6.01. The summed E-state index contributed by atoms with van der Waals surface area (Å²) in [6.45, 7) is 35.8. The molecule has 0 saturated heterocycles. The Bertz CT molecular complexity index is 2240. The van der Waals surface area contributed by atoms with Crippen molar-refractivity contribution < 1.29 is 62.0 Å². The van der Waals surface area contributed by atoms with Crippen LogP contribution < -0.4 is 31.9 Å². The Labute approximate surface area is 487 Å². The molecule has 0 atom stereocenters. The van der Waals surface area contributed by atoms with Crippen LogP contribution in [0.1, 0.15) is 183 Å². The van der Waals surface area contributed by atoms with Crippen molar-refractivity contribution in [1.29, 1.82) is 0 Å². The predicted molar refractivity (Wildman–Crippen MR) is 315 cm³/mol. The predicted octanol–water partition coefficient (Wildman–Crippen LogP) is 9.03. The Morgan fingerprint density at radius 1 is 0.415 bits per heavy atom. The zero-order chi connectivity index (χ0) is 62.3. The van der Waals surface area contributed by atoms with Crippen molar-refractivity contribution in [3.8, 4) is 0 Å². The maximum Gasteiger partial charge on any atom is 0.437 e. The van der Waals surface area contributed by atoms with Crippen molar-refractivity contribution in [2.45, 2.75) is 217 Å². The van der Waals surface area contributed by atoms with Crippen LogP contribution in [0.4, 0.5) is 33.6 Å². The van der Waals surface area contributed by atoms with E-state index in [1.54, 1.807) is 132 Å². The highest BCUT2D eigenvalue weighted by atomic mass is 16.6. The molecule has 0 spiro atoms. The maximum absolute atomic E-state index is 14.3. The minimum atomic E-state index is -0.935. The first kappa shape index (κ1) is 71.6. The van der Waals surface area contributed by atoms with Gasteiger partial charge >= 0.3 is 42.6 Å². The van der Waals surface area contributed by atoms with Gasteiger partial charge in [-0.2, -0.15) is 4.99 Å². The second-order valence-electron chi connectivity index (χ2n) is 26.3. The van der Waals surface area contributed by atoms with E-state index < -0.39 is 76.2 Å². The molecule has 0 aromatic carbocycles. The van der Waals surface area contributed by atoms with Gasteiger partial charge in [0.25, 0.3) is 0 Å². The van der Waals surface area contributed by atoms with E-state index in [1.807, 2.05) is 0 Å². The van der Waals surface area contributed by atoms with E-state index in [4.69, 9.17) is 28.4 Å². The maximum atomic E-state index is 14.3. The molecule has 0 unspecified atom stereocenters. The Kier molecular flexibility index (Phi) is 28.3. The van der Waals surface area contributed by atoms with Crippen LogP contribution in [-0.2, 0) is 28.4 Å². The number of carbonyl (C=O) groups excluding carboxylic acids is 7. The summed E-state index contributed by atoms with van der Waals surface area (Å²) < 4.78 is 33.1. The second kappa shape index (κ2) is 32.4. The third-order valence-corrected chi connectivity index (χ3v) is 10.5. The van der Waals surface area contributed by atoms with Crippen molar-refractivity contribution in [3.63, 3.8) is 0 Å². The van der Waals surface area contributed by atoms with Gasteiger partial charge < -0.3 is 59.9 Å². The number of urea groups is 1. The van der Waals surface area contributed by atoms with Crippen LogP contribution in [0.3, 0.4) is 0 Å². The van der Waals surface area contributed by atoms with Crippen molar-refractivity contribution in [2.24, 2.45) is 31.8 Å². The number of hydrogen-bond donors (Lipinski definition) is 6. The van der Waals surface area contributed by atoms with E-state index >= 15 is 0 Å². The molecule has 0 radical (unpaired) electrons. The molecule has 6 N–H and O–H groups in total. The summed E-state index contributed by atoms with van der Waals surface area (Å²) in [5.41, 5.74) is -4.89. The van der Waals surface area contributed by atoms with E-state index in [0.717, 1.165) is 25.7 Å². The number of nitrogens with one attached hydrogen (secondary N) is 6. The Hall–Kier alpha value is -6.47. The first-order valence-electron chi connectivity index (χ1n) is 28.6. The van der Waals surface area contributed by atoms with Crippen LogP contribution in [0.5, 0.6) is 0 Å². The lowest BCUT2D eigenvalue weighted by Gasteiger charge is -2.29. The van der Waals surface area contributed by atoms with Crippen molar-refractivity contribution in [3.05, 3.63) is 0 Å². The number of ether oxygens (including phenoxy) is 6. The topological polar surface area (TPSA) is 306 Å². The van der Waals surface area contributed by atoms with Gasteiger partial charge in [0.1, 0.15) is 39.4 Å². The van der Waals surface area contributed by atoms with E-state index in [1.165, 1.54) is 14.7 Å². The van der Waals surface area contributed by atoms with Crippen molar-refractivity contribution >= 4 is 66.3 Å². The molecule has 0 aromatic heterocycles. The van der Waals surface area contributed by atoms with Gasteiger partial charge in [-0.1, -0.05) is 0 Å². The number of amidine groups is 1. The SMILES string of the molecule is C/C(=N/C(=O)OC(C)(C)C)NCCCN(CCCN/C(=N/C(=O)OC(C)(C)C)N(CC1CC1)C(=O)OC(C)(C)C)C(=O)N/C(=N\C(=O)OC(C)(C)C)NCCCNCCCN/C(=N\C(=O)OC(C)(C)C)N(CC1CC1)C(=O)OC(C)(C)C. The summed E-state index contributed by atoms with van der Waals surface area (Å²) in [6, 6.07) is -0.608. The molecule has 0 aliphatic heterocycles. The van der Waals surface area contributed by atoms with Crippen LogP contribution >= 0.6 is 0 Å². The van der Waals surface area contributed by atoms with Gasteiger partial charge in [-0.15, -0.1) is 15.0 Å². The molecular formula is C56H101N13O13. The first-order valence-corrected chi connectivity index (χ1v) is 28.6. The summed E-state index contributed by atoms with van der Waals surface area (Å²) in [5, 5.41) is 18.5. The van der Waals surface area contributed by atoms with Gasteiger partial charge in [0.15, 0.2) is 0 Å². The van der Waals surface area contributed by atoms with Gasteiger partial charge in [0, 0.05) is 52.4 Å². The molecule has 26 heteroatoms. The molecule has 2 saturated carbocycles. The zero-order valence-corrected chi connectivity index (χ0v) is 52.8. The molecule has 0 bridgehead atoms. The molecule has 2 rings (SSSR count). The van der Waals surface area contributed by atoms with Gasteiger partial charge in [0.05, 0.1) is 0 Å². The lowest BCUT2D eigenvalue weighted by Crippen LogP contribution is -2.50. The normalized spacial score (nSPS) is 14.9. The van der Waals surface area contributed by atoms with E-state index in [2.05, 4.69) is 51.9 Å². The van der Waals surface area contributed by atoms with Gasteiger partial charge in [0.2, 0.25) is 17.9 Å². The third kappa shape index (κ3) is 36.1. The lowest BCUT2D eigenvalue weighted by atomic mass is 10.2. The van der Waals surface area contributed by atoms with E-state index in [9.17, 15) is 33.6 Å². The van der Waals surface area contributed by atoms with Gasteiger partial charge in [-0.3, -0.25) is 5.32 Å². The van der Waals surface area contributed by atoms with Crippen LogP contribution in [0.15, 0.2) is 20.0 Å². The summed E-state index contributed by atoms with van der Waals surface area (Å²) in [5.74, 6) is 0.616. The largest absolute Gasteiger partial charge is 0.443 e. The molecular weight excluding hydrogens is 1060 g/mol. The Morgan fingerprint density at radius 2 is 0.744 bits per heavy atom. The quantitative estimate of drug-likeness (QED) is 0.0287. The number of guanidine groups is 3. The minimum absolute atomic E-state index is 0.0508. The minimum Gasteiger partial charge on any atom is -0.443 e. The van der Waals surface area contributed by atoms with Crippen LogP contribution in [0, 0.1) is 11.8 Å². The average molecular weight is 1160 g/mol. The molecule has 468 valence electrons. The van der Waals surface area contributed by atoms with Crippen LogP contribution in [0.25, 0.3) is 0 Å². The van der Waals surface area contributed by atoms with E-state index in [0.29, 0.717) is 57.8 Å². The lowest BCUT2D eigenvalue weighted by molar-refractivity contribution is 0.0342. The van der Waals surface area contributed by atoms with Gasteiger partial charge in [-0.05, 0) is 208 Å². The fourth-order valence-corrected chi connectivity index (χ4v) is 6.79. The molecule has 2 aliphatic rings. The van der Waals surface area contributed by atoms with Crippen molar-refractivity contribution in [1.82, 2.24) is 46.6 Å². The highest BCUT2D eigenvalue weighted by Crippen LogP contribution is 2.31. The number of aliphatic imine (C=N–C) groups is 4. The molecule has 0 heterocycles. The van der Waals surface area contributed by atoms with Crippen molar-refractivity contribution in [2.75, 3.05) is 65.4 Å². The molecule has 82 heavy (non-hydrogen) atoms. The fourth-order valence-electron chi connectivity index (χ4n) is 6.79. The summed E-state index contributed by atoms with van der Waals surface area (Å²) in [4.78, 5) is 113. The first-order chi connectivity index (χ1) is 37.7. The number of carbonyl (C=O) groups is 7. The number of nitrogens with zero attached hydrogens (tertiary/aromatic N) is 7. The zero-order valence-electron chi connectivity index (χ0n) is 52.8. The third-order valence-electron chi connectivity index (χ3n) is 10.5.